The molecule has 0 amide bonds. The summed E-state index contributed by atoms with van der Waals surface area (Å²) in [5.41, 5.74) is 11.5. The minimum atomic E-state index is 0.518. The Morgan fingerprint density at radius 1 is 0.263 bits per heavy atom. The lowest BCUT2D eigenvalue weighted by Gasteiger charge is -2.13. The molecule has 57 heavy (non-hydrogen) atoms. The maximum absolute atomic E-state index is 6.19. The van der Waals surface area contributed by atoms with Gasteiger partial charge < -0.3 is 13.3 Å². The molecule has 0 spiro atoms. The van der Waals surface area contributed by atoms with E-state index in [1.807, 2.05) is 152 Å². The van der Waals surface area contributed by atoms with Crippen molar-refractivity contribution in [3.05, 3.63) is 170 Å². The molecule has 7 aromatic carbocycles. The van der Waals surface area contributed by atoms with Crippen LogP contribution >= 0.6 is 0 Å². The summed E-state index contributed by atoms with van der Waals surface area (Å²) >= 11 is 0. The van der Waals surface area contributed by atoms with Crippen molar-refractivity contribution in [2.75, 3.05) is 0 Å². The third kappa shape index (κ3) is 6.00. The first-order chi connectivity index (χ1) is 28.2. The molecule has 11 aromatic rings. The molecule has 0 N–H and O–H groups in total. The van der Waals surface area contributed by atoms with Crippen LogP contribution in [-0.2, 0) is 0 Å². The number of para-hydroxylation sites is 6. The van der Waals surface area contributed by atoms with Gasteiger partial charge >= 0.3 is 0 Å². The van der Waals surface area contributed by atoms with E-state index in [1.165, 1.54) is 0 Å². The van der Waals surface area contributed by atoms with Gasteiger partial charge in [-0.2, -0.15) is 0 Å². The highest BCUT2D eigenvalue weighted by Crippen LogP contribution is 2.37. The third-order valence-corrected chi connectivity index (χ3v) is 9.89. The molecule has 0 unspecified atom stereocenters. The zero-order chi connectivity index (χ0) is 37.7. The summed E-state index contributed by atoms with van der Waals surface area (Å²) in [4.78, 5) is 29.4. The van der Waals surface area contributed by atoms with E-state index < -0.39 is 0 Å². The van der Waals surface area contributed by atoms with E-state index in [2.05, 4.69) is 28.2 Å². The minimum Gasteiger partial charge on any atom is -0.436 e. The number of benzene rings is 7. The number of hydrogen-bond acceptors (Lipinski definition) is 9. The Labute approximate surface area is 325 Å². The molecule has 9 nitrogen and oxygen atoms in total. The summed E-state index contributed by atoms with van der Waals surface area (Å²) in [7, 11) is 0. The fourth-order valence-electron chi connectivity index (χ4n) is 6.99. The van der Waals surface area contributed by atoms with Crippen molar-refractivity contribution < 1.29 is 13.3 Å². The molecular weight excluding hydrogens is 709 g/mol. The topological polar surface area (TPSA) is 117 Å². The highest BCUT2D eigenvalue weighted by Gasteiger charge is 2.19. The molecule has 0 atom stereocenters. The van der Waals surface area contributed by atoms with Crippen molar-refractivity contribution in [1.82, 2.24) is 29.9 Å². The molecule has 0 saturated carbocycles. The summed E-state index contributed by atoms with van der Waals surface area (Å²) in [6.07, 6.45) is 0. The number of nitrogens with zero attached hydrogens (tertiary/aromatic N) is 6. The van der Waals surface area contributed by atoms with Gasteiger partial charge in [0.1, 0.15) is 16.6 Å². The van der Waals surface area contributed by atoms with Gasteiger partial charge in [0.15, 0.2) is 34.2 Å². The Bertz CT molecular complexity index is 3010. The van der Waals surface area contributed by atoms with Crippen LogP contribution < -0.4 is 0 Å². The Morgan fingerprint density at radius 2 is 0.649 bits per heavy atom. The van der Waals surface area contributed by atoms with Crippen molar-refractivity contribution in [3.63, 3.8) is 0 Å². The molecule has 0 aliphatic carbocycles. The normalized spacial score (nSPS) is 11.5. The molecule has 4 heterocycles. The fourth-order valence-corrected chi connectivity index (χ4v) is 6.99. The van der Waals surface area contributed by atoms with E-state index >= 15 is 0 Å². The van der Waals surface area contributed by atoms with Crippen LogP contribution in [0.3, 0.4) is 0 Å². The fraction of sp³-hybridized carbons (Fsp3) is 0. The van der Waals surface area contributed by atoms with Crippen molar-refractivity contribution in [3.8, 4) is 79.7 Å². The van der Waals surface area contributed by atoms with E-state index in [-0.39, 0.29) is 0 Å². The van der Waals surface area contributed by atoms with E-state index in [0.29, 0.717) is 35.1 Å². The quantitative estimate of drug-likeness (QED) is 0.157. The maximum atomic E-state index is 6.19. The number of oxazole rings is 3. The van der Waals surface area contributed by atoms with Crippen molar-refractivity contribution >= 4 is 33.3 Å². The largest absolute Gasteiger partial charge is 0.436 e. The van der Waals surface area contributed by atoms with Crippen molar-refractivity contribution in [2.45, 2.75) is 0 Å². The Kier molecular flexibility index (Phi) is 7.60. The van der Waals surface area contributed by atoms with Crippen LogP contribution in [0.15, 0.2) is 183 Å². The molecule has 0 radical (unpaired) electrons. The summed E-state index contributed by atoms with van der Waals surface area (Å²) in [6, 6.07) is 55.4. The first-order valence-corrected chi connectivity index (χ1v) is 18.4. The molecule has 0 aliphatic heterocycles. The van der Waals surface area contributed by atoms with E-state index in [9.17, 15) is 0 Å². The molecule has 0 bridgehead atoms. The molecule has 268 valence electrons. The van der Waals surface area contributed by atoms with Crippen LogP contribution in [0.25, 0.3) is 113 Å². The first kappa shape index (κ1) is 32.4. The average molecular weight is 737 g/mol. The average Bonchev–Trinajstić information content (AvgIpc) is 4.04. The Hall–Kier alpha value is -8.04. The predicted molar refractivity (Wildman–Crippen MR) is 221 cm³/mol. The number of rotatable bonds is 7. The molecule has 4 aromatic heterocycles. The van der Waals surface area contributed by atoms with Gasteiger partial charge in [-0.15, -0.1) is 0 Å². The highest BCUT2D eigenvalue weighted by atomic mass is 16.4. The summed E-state index contributed by atoms with van der Waals surface area (Å²) in [6.45, 7) is 0. The second-order valence-electron chi connectivity index (χ2n) is 13.5. The number of fused-ring (bicyclic) bond motifs is 3. The van der Waals surface area contributed by atoms with E-state index in [1.54, 1.807) is 0 Å². The van der Waals surface area contributed by atoms with Crippen molar-refractivity contribution in [1.29, 1.82) is 0 Å². The van der Waals surface area contributed by atoms with Crippen LogP contribution in [0, 0.1) is 0 Å². The van der Waals surface area contributed by atoms with Gasteiger partial charge in [0, 0.05) is 33.4 Å². The zero-order valence-corrected chi connectivity index (χ0v) is 30.1. The molecule has 9 heteroatoms. The van der Waals surface area contributed by atoms with Crippen LogP contribution in [0.4, 0.5) is 0 Å². The van der Waals surface area contributed by atoms with Gasteiger partial charge in [-0.3, -0.25) is 0 Å². The van der Waals surface area contributed by atoms with Gasteiger partial charge in [0.25, 0.3) is 0 Å². The summed E-state index contributed by atoms with van der Waals surface area (Å²) in [5.74, 6) is 3.18. The molecule has 0 saturated heterocycles. The SMILES string of the molecule is c1ccc(-c2cc(-c3nc4ccccc4o3)ccc2-c2nc(-c3ccc(-c4nc5ccccc5o4)cc3)nc(-c3ccc(-c4nc5ccccc5o4)cc3)n2)cc1. The molecule has 0 aliphatic rings. The minimum absolute atomic E-state index is 0.518. The first-order valence-electron chi connectivity index (χ1n) is 18.4. The van der Waals surface area contributed by atoms with Gasteiger partial charge in [-0.05, 0) is 90.0 Å². The second kappa shape index (κ2) is 13.4. The Balaban J connectivity index is 1.04. The number of aromatic nitrogens is 6. The molecule has 0 fully saturated rings. The van der Waals surface area contributed by atoms with E-state index in [4.69, 9.17) is 33.2 Å². The summed E-state index contributed by atoms with van der Waals surface area (Å²) in [5, 5.41) is 0. The van der Waals surface area contributed by atoms with Gasteiger partial charge in [0.2, 0.25) is 17.7 Å². The Morgan fingerprint density at radius 3 is 1.12 bits per heavy atom. The summed E-state index contributed by atoms with van der Waals surface area (Å²) < 4.78 is 18.3. The van der Waals surface area contributed by atoms with Crippen LogP contribution in [-0.4, -0.2) is 29.9 Å². The maximum Gasteiger partial charge on any atom is 0.227 e. The third-order valence-electron chi connectivity index (χ3n) is 9.89. The lowest BCUT2D eigenvalue weighted by Crippen LogP contribution is -2.01. The zero-order valence-electron chi connectivity index (χ0n) is 30.1. The van der Waals surface area contributed by atoms with Crippen molar-refractivity contribution in [2.24, 2.45) is 0 Å². The van der Waals surface area contributed by atoms with Gasteiger partial charge in [-0.1, -0.05) is 91.0 Å². The smallest absolute Gasteiger partial charge is 0.227 e. The molecule has 11 rings (SSSR count). The van der Waals surface area contributed by atoms with Crippen LogP contribution in [0.1, 0.15) is 0 Å². The molecular formula is C48H28N6O3. The number of hydrogen-bond donors (Lipinski definition) is 0. The standard InChI is InChI=1S/C48H28N6O3/c1-2-10-29(11-3-1)36-28-34(48-51-39-14-6-9-17-42(39)57-48)26-27-35(36)45-53-43(30-18-22-32(23-19-30)46-49-37-12-4-7-15-40(37)55-46)52-44(54-45)31-20-24-33(25-21-31)47-50-38-13-5-8-16-41(38)56-47/h1-28H. The van der Waals surface area contributed by atoms with Gasteiger partial charge in [-0.25, -0.2) is 29.9 Å². The van der Waals surface area contributed by atoms with Crippen LogP contribution in [0.5, 0.6) is 0 Å². The van der Waals surface area contributed by atoms with Crippen LogP contribution in [0.2, 0.25) is 0 Å². The highest BCUT2D eigenvalue weighted by molar-refractivity contribution is 5.86. The lowest BCUT2D eigenvalue weighted by atomic mass is 9.96. The van der Waals surface area contributed by atoms with E-state index in [0.717, 1.165) is 77.8 Å². The lowest BCUT2D eigenvalue weighted by molar-refractivity contribution is 0.619. The van der Waals surface area contributed by atoms with Gasteiger partial charge in [0.05, 0.1) is 0 Å². The predicted octanol–water partition coefficient (Wildman–Crippen LogP) is 12.0. The second-order valence-corrected chi connectivity index (χ2v) is 13.5. The monoisotopic (exact) mass is 736 g/mol.